The predicted octanol–water partition coefficient (Wildman–Crippen LogP) is 7.61. The van der Waals surface area contributed by atoms with E-state index in [4.69, 9.17) is 9.72 Å². The summed E-state index contributed by atoms with van der Waals surface area (Å²) in [6.07, 6.45) is -4.73. The van der Waals surface area contributed by atoms with Crippen molar-refractivity contribution in [1.29, 1.82) is 0 Å². The van der Waals surface area contributed by atoms with Gasteiger partial charge in [0.15, 0.2) is 6.17 Å². The fourth-order valence-corrected chi connectivity index (χ4v) is 8.00. The zero-order valence-corrected chi connectivity index (χ0v) is 29.3. The van der Waals surface area contributed by atoms with Crippen molar-refractivity contribution >= 4 is 5.95 Å². The minimum absolute atomic E-state index is 0.00342. The first kappa shape index (κ1) is 38.2. The Bertz CT molecular complexity index is 1680. The van der Waals surface area contributed by atoms with E-state index in [1.54, 1.807) is 12.3 Å². The van der Waals surface area contributed by atoms with Crippen molar-refractivity contribution in [2.75, 3.05) is 37.8 Å². The van der Waals surface area contributed by atoms with E-state index in [0.717, 1.165) is 24.3 Å². The maximum absolute atomic E-state index is 17.3. The maximum atomic E-state index is 17.3. The molecule has 1 aliphatic heterocycles. The van der Waals surface area contributed by atoms with Crippen LogP contribution in [0.5, 0.6) is 5.88 Å². The van der Waals surface area contributed by atoms with E-state index in [1.807, 2.05) is 18.7 Å². The summed E-state index contributed by atoms with van der Waals surface area (Å²) >= 11 is 0. The standard InChI is InChI=1S/C38H46F6N4O4/c1-36(2)17-27-31(28(51)18-36)30(23-7-12-37(40,41)13-8-23)32(33(39)24-3-5-26(6-4-24)38(42,43)44)34(46-27)25-10-15-48(16-11-25)35-45-14-9-29(47-35)52-21-22(19-49)20-50/h3-6,9,14,22-23,25,28,33,49-51H,7-8,10-13,15-21H2,1-2H3/t28-,33-/m0/s1. The van der Waals surface area contributed by atoms with Crippen molar-refractivity contribution in [3.05, 3.63) is 75.7 Å². The van der Waals surface area contributed by atoms with Gasteiger partial charge in [-0.15, -0.1) is 0 Å². The minimum Gasteiger partial charge on any atom is -0.477 e. The van der Waals surface area contributed by atoms with Gasteiger partial charge in [-0.2, -0.15) is 18.2 Å². The van der Waals surface area contributed by atoms with Gasteiger partial charge < -0.3 is 25.0 Å². The van der Waals surface area contributed by atoms with Gasteiger partial charge in [-0.1, -0.05) is 26.0 Å². The molecule has 0 spiro atoms. The Morgan fingerprint density at radius 3 is 2.19 bits per heavy atom. The van der Waals surface area contributed by atoms with Crippen LogP contribution in [0.2, 0.25) is 0 Å². The van der Waals surface area contributed by atoms with Gasteiger partial charge >= 0.3 is 6.18 Å². The number of anilines is 1. The zero-order chi connectivity index (χ0) is 37.4. The molecule has 8 nitrogen and oxygen atoms in total. The van der Waals surface area contributed by atoms with Gasteiger partial charge in [-0.05, 0) is 73.1 Å². The van der Waals surface area contributed by atoms with Crippen molar-refractivity contribution in [2.24, 2.45) is 11.3 Å². The Labute approximate surface area is 299 Å². The number of rotatable bonds is 10. The normalized spacial score (nSPS) is 21.6. The number of fused-ring (bicyclic) bond motifs is 1. The fraction of sp³-hybridized carbons (Fsp3) is 0.605. The predicted molar refractivity (Wildman–Crippen MR) is 181 cm³/mol. The highest BCUT2D eigenvalue weighted by Crippen LogP contribution is 2.52. The average Bonchev–Trinajstić information content (AvgIpc) is 3.10. The highest BCUT2D eigenvalue weighted by atomic mass is 19.4. The largest absolute Gasteiger partial charge is 0.477 e. The van der Waals surface area contributed by atoms with Gasteiger partial charge in [0.25, 0.3) is 0 Å². The van der Waals surface area contributed by atoms with E-state index in [0.29, 0.717) is 67.2 Å². The first-order chi connectivity index (χ1) is 24.6. The van der Waals surface area contributed by atoms with E-state index in [1.165, 1.54) is 0 Å². The topological polar surface area (TPSA) is 112 Å². The summed E-state index contributed by atoms with van der Waals surface area (Å²) in [5.74, 6) is -3.41. The molecule has 1 aromatic carbocycles. The molecule has 2 fully saturated rings. The van der Waals surface area contributed by atoms with E-state index >= 15 is 4.39 Å². The highest BCUT2D eigenvalue weighted by molar-refractivity contribution is 5.51. The second kappa shape index (κ2) is 15.1. The molecule has 2 aliphatic carbocycles. The molecule has 3 N–H and O–H groups in total. The Kier molecular flexibility index (Phi) is 11.1. The van der Waals surface area contributed by atoms with Crippen LogP contribution in [0.4, 0.5) is 32.3 Å². The number of aliphatic hydroxyl groups excluding tert-OH is 3. The number of nitrogens with zero attached hydrogens (tertiary/aromatic N) is 4. The van der Waals surface area contributed by atoms with Crippen LogP contribution < -0.4 is 9.64 Å². The third kappa shape index (κ3) is 8.33. The molecule has 0 radical (unpaired) electrons. The molecular formula is C38H46F6N4O4. The van der Waals surface area contributed by atoms with Crippen molar-refractivity contribution < 1.29 is 46.4 Å². The Hall–Kier alpha value is -3.49. The number of benzene rings is 1. The summed E-state index contributed by atoms with van der Waals surface area (Å²) < 4.78 is 92.3. The third-order valence-corrected chi connectivity index (χ3v) is 10.8. The van der Waals surface area contributed by atoms with Crippen LogP contribution in [0.1, 0.15) is 122 Å². The van der Waals surface area contributed by atoms with Gasteiger partial charge in [0.2, 0.25) is 17.8 Å². The molecule has 3 heterocycles. The number of hydrogen-bond donors (Lipinski definition) is 3. The van der Waals surface area contributed by atoms with Gasteiger partial charge in [0.1, 0.15) is 0 Å². The first-order valence-corrected chi connectivity index (χ1v) is 17.9. The first-order valence-electron chi connectivity index (χ1n) is 17.9. The second-order valence-electron chi connectivity index (χ2n) is 15.4. The van der Waals surface area contributed by atoms with Crippen LogP contribution in [-0.4, -0.2) is 69.1 Å². The quantitative estimate of drug-likeness (QED) is 0.183. The molecular weight excluding hydrogens is 690 g/mol. The van der Waals surface area contributed by atoms with E-state index in [-0.39, 0.29) is 73.8 Å². The molecule has 1 saturated carbocycles. The lowest BCUT2D eigenvalue weighted by Gasteiger charge is -2.41. The Morgan fingerprint density at radius 1 is 0.923 bits per heavy atom. The molecule has 2 aromatic heterocycles. The SMILES string of the molecule is CC1(C)Cc2nc(C3CCN(c4nccc(OCC(CO)CO)n4)CC3)c([C@@H](F)c3ccc(C(F)(F)F)cc3)c(C3CCC(F)(F)CC3)c2[C@@H](O)C1. The number of halogens is 6. The zero-order valence-electron chi connectivity index (χ0n) is 29.3. The molecule has 14 heteroatoms. The summed E-state index contributed by atoms with van der Waals surface area (Å²) in [5, 5.41) is 30.3. The fourth-order valence-electron chi connectivity index (χ4n) is 8.00. The molecule has 0 unspecified atom stereocenters. The lowest BCUT2D eigenvalue weighted by molar-refractivity contribution is -0.137. The smallest absolute Gasteiger partial charge is 0.416 e. The van der Waals surface area contributed by atoms with Gasteiger partial charge in [0, 0.05) is 66.9 Å². The molecule has 1 saturated heterocycles. The monoisotopic (exact) mass is 736 g/mol. The van der Waals surface area contributed by atoms with Crippen LogP contribution in [0.3, 0.4) is 0 Å². The molecule has 3 aromatic rings. The Balaban J connectivity index is 1.39. The lowest BCUT2D eigenvalue weighted by atomic mass is 9.68. The molecule has 0 amide bonds. The number of piperidine rings is 1. The summed E-state index contributed by atoms with van der Waals surface area (Å²) in [4.78, 5) is 16.0. The van der Waals surface area contributed by atoms with E-state index in [9.17, 15) is 37.3 Å². The van der Waals surface area contributed by atoms with Crippen LogP contribution >= 0.6 is 0 Å². The van der Waals surface area contributed by atoms with Crippen molar-refractivity contribution in [2.45, 2.75) is 101 Å². The van der Waals surface area contributed by atoms with Crippen molar-refractivity contribution in [3.8, 4) is 5.88 Å². The van der Waals surface area contributed by atoms with Gasteiger partial charge in [0.05, 0.1) is 37.2 Å². The van der Waals surface area contributed by atoms with E-state index in [2.05, 4.69) is 9.97 Å². The highest BCUT2D eigenvalue weighted by Gasteiger charge is 2.44. The molecule has 2 atom stereocenters. The van der Waals surface area contributed by atoms with Crippen molar-refractivity contribution in [3.63, 3.8) is 0 Å². The van der Waals surface area contributed by atoms with Crippen LogP contribution in [0.15, 0.2) is 36.5 Å². The summed E-state index contributed by atoms with van der Waals surface area (Å²) in [5.41, 5.74) is 0.983. The number of alkyl halides is 6. The van der Waals surface area contributed by atoms with Gasteiger partial charge in [-0.25, -0.2) is 18.2 Å². The number of pyridine rings is 1. The third-order valence-electron chi connectivity index (χ3n) is 10.8. The van der Waals surface area contributed by atoms with Crippen molar-refractivity contribution in [1.82, 2.24) is 15.0 Å². The molecule has 52 heavy (non-hydrogen) atoms. The second-order valence-corrected chi connectivity index (χ2v) is 15.4. The average molecular weight is 737 g/mol. The summed E-state index contributed by atoms with van der Waals surface area (Å²) in [6.45, 7) is 4.51. The number of aromatic nitrogens is 3. The lowest BCUT2D eigenvalue weighted by Crippen LogP contribution is -2.36. The van der Waals surface area contributed by atoms with Crippen LogP contribution in [0, 0.1) is 11.3 Å². The van der Waals surface area contributed by atoms with Crippen LogP contribution in [-0.2, 0) is 12.6 Å². The van der Waals surface area contributed by atoms with E-state index < -0.39 is 41.8 Å². The number of hydrogen-bond acceptors (Lipinski definition) is 8. The maximum Gasteiger partial charge on any atom is 0.416 e. The number of aliphatic hydroxyl groups is 3. The molecule has 284 valence electrons. The Morgan fingerprint density at radius 2 is 1.58 bits per heavy atom. The molecule has 6 rings (SSSR count). The minimum atomic E-state index is -4.61. The molecule has 0 bridgehead atoms. The molecule has 3 aliphatic rings. The summed E-state index contributed by atoms with van der Waals surface area (Å²) in [6, 6.07) is 5.50. The van der Waals surface area contributed by atoms with Gasteiger partial charge in [-0.3, -0.25) is 4.98 Å². The summed E-state index contributed by atoms with van der Waals surface area (Å²) in [7, 11) is 0. The van der Waals surface area contributed by atoms with Crippen LogP contribution in [0.25, 0.3) is 0 Å². The number of ether oxygens (including phenoxy) is 1.